The summed E-state index contributed by atoms with van der Waals surface area (Å²) < 4.78 is 0. The van der Waals surface area contributed by atoms with E-state index in [1.165, 1.54) is 6.42 Å². The Labute approximate surface area is 126 Å². The molecule has 1 aromatic carbocycles. The Morgan fingerprint density at radius 2 is 2.00 bits per heavy atom. The molecule has 1 fully saturated rings. The molecular weight excluding hydrogens is 272 g/mol. The fourth-order valence-electron chi connectivity index (χ4n) is 2.96. The monoisotopic (exact) mass is 294 g/mol. The number of nitrogens with zero attached hydrogens (tertiary/aromatic N) is 1. The number of benzene rings is 1. The third-order valence-corrected chi connectivity index (χ3v) is 4.35. The molecule has 1 aliphatic heterocycles. The minimum Gasteiger partial charge on any atom is -0.376 e. The largest absolute Gasteiger partial charge is 0.376 e. The molecule has 1 aliphatic rings. The van der Waals surface area contributed by atoms with E-state index >= 15 is 0 Å². The number of amides is 1. The molecule has 0 aliphatic carbocycles. The lowest BCUT2D eigenvalue weighted by Gasteiger charge is -2.39. The highest BCUT2D eigenvalue weighted by atomic mass is 35.5. The van der Waals surface area contributed by atoms with Crippen LogP contribution in [0, 0.1) is 6.92 Å². The van der Waals surface area contributed by atoms with Crippen molar-refractivity contribution >= 4 is 23.2 Å². The summed E-state index contributed by atoms with van der Waals surface area (Å²) in [6.07, 6.45) is 3.42. The lowest BCUT2D eigenvalue weighted by Crippen LogP contribution is -2.49. The van der Waals surface area contributed by atoms with Crippen molar-refractivity contribution in [2.75, 3.05) is 11.9 Å². The van der Waals surface area contributed by atoms with Crippen LogP contribution in [0.3, 0.4) is 0 Å². The quantitative estimate of drug-likeness (QED) is 0.918. The molecule has 0 bridgehead atoms. The fourth-order valence-corrected chi connectivity index (χ4v) is 3.13. The van der Waals surface area contributed by atoms with Crippen molar-refractivity contribution in [3.05, 3.63) is 28.8 Å². The van der Waals surface area contributed by atoms with Crippen LogP contribution < -0.4 is 5.32 Å². The van der Waals surface area contributed by atoms with Gasteiger partial charge in [0.1, 0.15) is 0 Å². The van der Waals surface area contributed by atoms with Crippen molar-refractivity contribution in [2.45, 2.75) is 52.1 Å². The molecule has 4 heteroatoms. The van der Waals surface area contributed by atoms with Crippen molar-refractivity contribution in [1.82, 2.24) is 4.90 Å². The number of piperidine rings is 1. The Kier molecular flexibility index (Phi) is 4.92. The Morgan fingerprint density at radius 1 is 1.35 bits per heavy atom. The molecule has 20 heavy (non-hydrogen) atoms. The lowest BCUT2D eigenvalue weighted by molar-refractivity contribution is -0.135. The molecule has 2 rings (SSSR count). The molecule has 3 nitrogen and oxygen atoms in total. The average molecular weight is 295 g/mol. The molecule has 1 heterocycles. The van der Waals surface area contributed by atoms with Crippen molar-refractivity contribution in [3.63, 3.8) is 0 Å². The van der Waals surface area contributed by atoms with Gasteiger partial charge in [0.15, 0.2) is 0 Å². The van der Waals surface area contributed by atoms with Crippen LogP contribution in [0.5, 0.6) is 0 Å². The van der Waals surface area contributed by atoms with Gasteiger partial charge in [-0.2, -0.15) is 0 Å². The van der Waals surface area contributed by atoms with Crippen molar-refractivity contribution < 1.29 is 4.79 Å². The first kappa shape index (κ1) is 15.2. The van der Waals surface area contributed by atoms with Gasteiger partial charge in [-0.05, 0) is 57.7 Å². The fraction of sp³-hybridized carbons (Fsp3) is 0.562. The number of nitrogens with one attached hydrogen (secondary N) is 1. The number of carbonyl (C=O) groups is 1. The predicted molar refractivity (Wildman–Crippen MR) is 84.3 cm³/mol. The van der Waals surface area contributed by atoms with E-state index in [4.69, 9.17) is 11.6 Å². The topological polar surface area (TPSA) is 32.3 Å². The number of halogens is 1. The maximum atomic E-state index is 12.4. The van der Waals surface area contributed by atoms with Crippen molar-refractivity contribution in [2.24, 2.45) is 0 Å². The van der Waals surface area contributed by atoms with E-state index in [2.05, 4.69) is 19.2 Å². The minimum atomic E-state index is 0.170. The summed E-state index contributed by atoms with van der Waals surface area (Å²) in [5.74, 6) is 0.170. The van der Waals surface area contributed by atoms with E-state index in [1.54, 1.807) is 0 Å². The zero-order valence-electron chi connectivity index (χ0n) is 12.4. The summed E-state index contributed by atoms with van der Waals surface area (Å²) in [5.41, 5.74) is 2.03. The van der Waals surface area contributed by atoms with Crippen LogP contribution >= 0.6 is 11.6 Å². The first-order valence-electron chi connectivity index (χ1n) is 7.30. The minimum absolute atomic E-state index is 0.170. The van der Waals surface area contributed by atoms with Crippen LogP contribution in [0.15, 0.2) is 18.2 Å². The second-order valence-electron chi connectivity index (χ2n) is 5.74. The molecular formula is C16H23ClN2O. The summed E-state index contributed by atoms with van der Waals surface area (Å²) >= 11 is 5.99. The molecule has 1 saturated heterocycles. The van der Waals surface area contributed by atoms with Gasteiger partial charge in [0.05, 0.1) is 6.54 Å². The number of carbonyl (C=O) groups excluding carboxylic acids is 1. The third kappa shape index (κ3) is 3.45. The van der Waals surface area contributed by atoms with E-state index in [9.17, 15) is 4.79 Å². The van der Waals surface area contributed by atoms with Gasteiger partial charge in [0.2, 0.25) is 5.91 Å². The summed E-state index contributed by atoms with van der Waals surface area (Å²) in [7, 11) is 0. The van der Waals surface area contributed by atoms with Gasteiger partial charge in [0, 0.05) is 22.8 Å². The molecule has 0 saturated carbocycles. The Hall–Kier alpha value is -1.22. The maximum absolute atomic E-state index is 12.4. The van der Waals surface area contributed by atoms with Gasteiger partial charge in [-0.15, -0.1) is 0 Å². The summed E-state index contributed by atoms with van der Waals surface area (Å²) in [5, 5.41) is 3.90. The number of likely N-dealkylation sites (tertiary alicyclic amines) is 1. The van der Waals surface area contributed by atoms with Crippen LogP contribution in [0.4, 0.5) is 5.69 Å². The number of anilines is 1. The molecule has 2 unspecified atom stereocenters. The van der Waals surface area contributed by atoms with Gasteiger partial charge in [0.25, 0.3) is 0 Å². The zero-order valence-corrected chi connectivity index (χ0v) is 13.2. The number of aryl methyl sites for hydroxylation is 1. The number of hydrogen-bond donors (Lipinski definition) is 1. The zero-order chi connectivity index (χ0) is 14.7. The smallest absolute Gasteiger partial charge is 0.242 e. The number of hydrogen-bond acceptors (Lipinski definition) is 2. The van der Waals surface area contributed by atoms with Crippen LogP contribution in [0.1, 0.15) is 38.7 Å². The highest BCUT2D eigenvalue weighted by Crippen LogP contribution is 2.23. The molecule has 1 amide bonds. The average Bonchev–Trinajstić information content (AvgIpc) is 2.39. The Balaban J connectivity index is 1.99. The molecule has 2 atom stereocenters. The highest BCUT2D eigenvalue weighted by molar-refractivity contribution is 6.30. The number of rotatable bonds is 3. The van der Waals surface area contributed by atoms with E-state index in [0.717, 1.165) is 24.1 Å². The van der Waals surface area contributed by atoms with Crippen molar-refractivity contribution in [3.8, 4) is 0 Å². The summed E-state index contributed by atoms with van der Waals surface area (Å²) in [6.45, 7) is 6.61. The first-order chi connectivity index (χ1) is 9.49. The van der Waals surface area contributed by atoms with Crippen molar-refractivity contribution in [1.29, 1.82) is 0 Å². The second kappa shape index (κ2) is 6.49. The standard InChI is InChI=1S/C16H23ClN2O/c1-11-7-8-14(17)9-15(11)18-10-16(20)19-12(2)5-4-6-13(19)3/h7-9,12-13,18H,4-6,10H2,1-3H3. The normalized spacial score (nSPS) is 22.7. The van der Waals surface area contributed by atoms with Gasteiger partial charge < -0.3 is 10.2 Å². The van der Waals surface area contributed by atoms with E-state index in [0.29, 0.717) is 23.7 Å². The Morgan fingerprint density at radius 3 is 2.65 bits per heavy atom. The molecule has 1 aromatic rings. The summed E-state index contributed by atoms with van der Waals surface area (Å²) in [4.78, 5) is 14.4. The Bertz CT molecular complexity index is 479. The van der Waals surface area contributed by atoms with Crippen LogP contribution in [-0.4, -0.2) is 29.4 Å². The van der Waals surface area contributed by atoms with Gasteiger partial charge in [-0.1, -0.05) is 17.7 Å². The van der Waals surface area contributed by atoms with E-state index in [1.807, 2.05) is 30.0 Å². The van der Waals surface area contributed by atoms with Gasteiger partial charge in [-0.3, -0.25) is 4.79 Å². The first-order valence-corrected chi connectivity index (χ1v) is 7.68. The van der Waals surface area contributed by atoms with Crippen LogP contribution in [0.25, 0.3) is 0 Å². The van der Waals surface area contributed by atoms with E-state index < -0.39 is 0 Å². The molecule has 0 radical (unpaired) electrons. The maximum Gasteiger partial charge on any atom is 0.242 e. The van der Waals surface area contributed by atoms with Gasteiger partial charge >= 0.3 is 0 Å². The summed E-state index contributed by atoms with van der Waals surface area (Å²) in [6, 6.07) is 6.37. The molecule has 110 valence electrons. The molecule has 0 aromatic heterocycles. The van der Waals surface area contributed by atoms with Crippen LogP contribution in [0.2, 0.25) is 5.02 Å². The SMILES string of the molecule is Cc1ccc(Cl)cc1NCC(=O)N1C(C)CCCC1C. The highest BCUT2D eigenvalue weighted by Gasteiger charge is 2.28. The third-order valence-electron chi connectivity index (χ3n) is 4.11. The molecule has 1 N–H and O–H groups in total. The predicted octanol–water partition coefficient (Wildman–Crippen LogP) is 3.85. The van der Waals surface area contributed by atoms with Gasteiger partial charge in [-0.25, -0.2) is 0 Å². The lowest BCUT2D eigenvalue weighted by atomic mass is 9.97. The van der Waals surface area contributed by atoms with Crippen LogP contribution in [-0.2, 0) is 4.79 Å². The van der Waals surface area contributed by atoms with E-state index in [-0.39, 0.29) is 5.91 Å². The molecule has 0 spiro atoms. The second-order valence-corrected chi connectivity index (χ2v) is 6.18.